The van der Waals surface area contributed by atoms with Gasteiger partial charge in [-0.3, -0.25) is 9.59 Å². The lowest BCUT2D eigenvalue weighted by Gasteiger charge is -2.32. The van der Waals surface area contributed by atoms with Gasteiger partial charge in [0.15, 0.2) is 0 Å². The van der Waals surface area contributed by atoms with Crippen molar-refractivity contribution in [2.75, 3.05) is 26.2 Å². The molecule has 0 aliphatic carbocycles. The molecule has 0 bridgehead atoms. The van der Waals surface area contributed by atoms with E-state index < -0.39 is 17.8 Å². The Labute approximate surface area is 223 Å². The van der Waals surface area contributed by atoms with Gasteiger partial charge in [0.05, 0.1) is 15.6 Å². The van der Waals surface area contributed by atoms with Crippen LogP contribution in [-0.2, 0) is 15.8 Å². The largest absolute Gasteiger partial charge is 0.474 e. The molecule has 2 amide bonds. The Balaban J connectivity index is 1.52. The summed E-state index contributed by atoms with van der Waals surface area (Å²) in [6, 6.07) is 7.50. The molecular weight excluding hydrogens is 530 g/mol. The van der Waals surface area contributed by atoms with Gasteiger partial charge < -0.3 is 14.5 Å². The monoisotopic (exact) mass is 557 g/mol. The molecule has 0 radical (unpaired) electrons. The second-order valence-corrected chi connectivity index (χ2v) is 10.5. The van der Waals surface area contributed by atoms with Crippen LogP contribution in [0.15, 0.2) is 36.5 Å². The van der Waals surface area contributed by atoms with E-state index in [1.54, 1.807) is 17.0 Å². The normalized spacial score (nSPS) is 21.7. The number of hydrogen-bond acceptors (Lipinski definition) is 4. The molecule has 11 heteroatoms. The number of rotatable bonds is 5. The van der Waals surface area contributed by atoms with E-state index in [0.717, 1.165) is 17.8 Å². The zero-order valence-corrected chi connectivity index (χ0v) is 22.0. The van der Waals surface area contributed by atoms with Gasteiger partial charge in [-0.05, 0) is 43.5 Å². The second-order valence-electron chi connectivity index (χ2n) is 9.67. The zero-order valence-electron chi connectivity index (χ0n) is 20.5. The minimum absolute atomic E-state index is 0.00895. The molecule has 0 saturated carbocycles. The Morgan fingerprint density at radius 2 is 1.76 bits per heavy atom. The van der Waals surface area contributed by atoms with Crippen molar-refractivity contribution >= 4 is 35.0 Å². The van der Waals surface area contributed by atoms with E-state index in [2.05, 4.69) is 4.98 Å². The lowest BCUT2D eigenvalue weighted by Crippen LogP contribution is -2.43. The highest BCUT2D eigenvalue weighted by molar-refractivity contribution is 6.42. The number of carbonyl (C=O) groups excluding carboxylic acids is 2. The number of amides is 2. The first kappa shape index (κ1) is 27.5. The van der Waals surface area contributed by atoms with Crippen molar-refractivity contribution < 1.29 is 27.5 Å². The molecular formula is C26H28Cl2F3N3O3. The molecule has 4 rings (SSSR count). The minimum Gasteiger partial charge on any atom is -0.474 e. The summed E-state index contributed by atoms with van der Waals surface area (Å²) in [5.41, 5.74) is 0.0478. The first-order valence-electron chi connectivity index (χ1n) is 12.1. The minimum atomic E-state index is -4.48. The van der Waals surface area contributed by atoms with E-state index in [-0.39, 0.29) is 35.4 Å². The summed E-state index contributed by atoms with van der Waals surface area (Å²) < 4.78 is 44.7. The van der Waals surface area contributed by atoms with E-state index in [4.69, 9.17) is 27.9 Å². The van der Waals surface area contributed by atoms with Crippen LogP contribution in [0.2, 0.25) is 10.0 Å². The number of aromatic nitrogens is 1. The molecule has 1 aromatic carbocycles. The van der Waals surface area contributed by atoms with E-state index in [1.165, 1.54) is 13.0 Å². The van der Waals surface area contributed by atoms with Crippen LogP contribution in [0, 0.1) is 11.8 Å². The van der Waals surface area contributed by atoms with Crippen molar-refractivity contribution in [2.45, 2.75) is 44.9 Å². The Kier molecular flexibility index (Phi) is 8.23. The molecule has 2 aliphatic rings. The van der Waals surface area contributed by atoms with Crippen molar-refractivity contribution in [2.24, 2.45) is 11.8 Å². The lowest BCUT2D eigenvalue weighted by atomic mass is 9.86. The van der Waals surface area contributed by atoms with Crippen LogP contribution < -0.4 is 4.74 Å². The third-order valence-electron chi connectivity index (χ3n) is 7.31. The molecule has 0 unspecified atom stereocenters. The average molecular weight is 558 g/mol. The summed E-state index contributed by atoms with van der Waals surface area (Å²) in [7, 11) is 0. The topological polar surface area (TPSA) is 62.7 Å². The van der Waals surface area contributed by atoms with Crippen molar-refractivity contribution in [3.63, 3.8) is 0 Å². The molecule has 3 heterocycles. The fourth-order valence-electron chi connectivity index (χ4n) is 5.18. The fraction of sp³-hybridized carbons (Fsp3) is 0.500. The third kappa shape index (κ3) is 6.32. The predicted octanol–water partition coefficient (Wildman–Crippen LogP) is 5.68. The van der Waals surface area contributed by atoms with Gasteiger partial charge >= 0.3 is 6.18 Å². The summed E-state index contributed by atoms with van der Waals surface area (Å²) >= 11 is 12.4. The van der Waals surface area contributed by atoms with Crippen molar-refractivity contribution in [3.05, 3.63) is 57.7 Å². The molecule has 6 nitrogen and oxygen atoms in total. The van der Waals surface area contributed by atoms with Gasteiger partial charge in [-0.2, -0.15) is 13.2 Å². The number of nitrogens with zero attached hydrogens (tertiary/aromatic N) is 3. The van der Waals surface area contributed by atoms with Gasteiger partial charge in [0.2, 0.25) is 17.7 Å². The van der Waals surface area contributed by atoms with Gasteiger partial charge in [-0.15, -0.1) is 0 Å². The van der Waals surface area contributed by atoms with Gasteiger partial charge in [-0.1, -0.05) is 29.3 Å². The van der Waals surface area contributed by atoms with E-state index >= 15 is 0 Å². The molecule has 37 heavy (non-hydrogen) atoms. The Bertz CT molecular complexity index is 1140. The summed E-state index contributed by atoms with van der Waals surface area (Å²) in [5, 5.41) is 0.820. The number of halogens is 5. The molecule has 0 N–H and O–H groups in total. The first-order chi connectivity index (χ1) is 17.4. The summed E-state index contributed by atoms with van der Waals surface area (Å²) in [5.74, 6) is -0.334. The van der Waals surface area contributed by atoms with Crippen LogP contribution in [0.4, 0.5) is 13.2 Å². The third-order valence-corrected chi connectivity index (χ3v) is 8.05. The van der Waals surface area contributed by atoms with Gasteiger partial charge in [0.1, 0.15) is 6.10 Å². The van der Waals surface area contributed by atoms with Crippen LogP contribution in [0.5, 0.6) is 5.88 Å². The SMILES string of the molecule is CC(=O)N1CCC(C(=O)N2C[C@@H]([C@@H](C)Oc3ccc(C(F)(F)F)cn3)[C@@H](c3ccc(Cl)c(Cl)c3)C2)CC1. The Hall–Kier alpha value is -2.52. The number of likely N-dealkylation sites (tertiary alicyclic amines) is 2. The molecule has 2 saturated heterocycles. The number of hydrogen-bond donors (Lipinski definition) is 0. The van der Waals surface area contributed by atoms with Crippen molar-refractivity contribution in [1.82, 2.24) is 14.8 Å². The van der Waals surface area contributed by atoms with Crippen molar-refractivity contribution in [1.29, 1.82) is 0 Å². The summed E-state index contributed by atoms with van der Waals surface area (Å²) in [4.78, 5) is 32.5. The van der Waals surface area contributed by atoms with Gasteiger partial charge in [-0.25, -0.2) is 4.98 Å². The van der Waals surface area contributed by atoms with E-state index in [1.807, 2.05) is 17.9 Å². The highest BCUT2D eigenvalue weighted by Crippen LogP contribution is 2.39. The van der Waals surface area contributed by atoms with Crippen LogP contribution >= 0.6 is 23.2 Å². The van der Waals surface area contributed by atoms with Gasteiger partial charge in [0, 0.05) is 63.1 Å². The fourth-order valence-corrected chi connectivity index (χ4v) is 5.48. The highest BCUT2D eigenvalue weighted by atomic mass is 35.5. The predicted molar refractivity (Wildman–Crippen MR) is 134 cm³/mol. The Morgan fingerprint density at radius 1 is 1.05 bits per heavy atom. The van der Waals surface area contributed by atoms with E-state index in [0.29, 0.717) is 49.1 Å². The molecule has 3 atom stereocenters. The molecule has 2 aliphatic heterocycles. The molecule has 0 spiro atoms. The van der Waals surface area contributed by atoms with Gasteiger partial charge in [0.25, 0.3) is 0 Å². The maximum Gasteiger partial charge on any atom is 0.417 e. The first-order valence-corrected chi connectivity index (χ1v) is 12.9. The summed E-state index contributed by atoms with van der Waals surface area (Å²) in [6.07, 6.45) is -2.97. The quantitative estimate of drug-likeness (QED) is 0.474. The number of carbonyl (C=O) groups is 2. The van der Waals surface area contributed by atoms with Crippen LogP contribution in [-0.4, -0.2) is 58.9 Å². The second kappa shape index (κ2) is 11.1. The van der Waals surface area contributed by atoms with Crippen LogP contribution in [0.3, 0.4) is 0 Å². The molecule has 200 valence electrons. The summed E-state index contributed by atoms with van der Waals surface area (Å²) in [6.45, 7) is 5.33. The number of ether oxygens (including phenoxy) is 1. The standard InChI is InChI=1S/C26H28Cl2F3N3O3/c1-15(37-24-6-4-19(12-32-24)26(29,30)31)20-13-34(14-21(20)18-3-5-22(27)23(28)11-18)25(36)17-7-9-33(10-8-17)16(2)35/h3-6,11-12,15,17,20-21H,7-10,13-14H2,1-2H3/t15-,20+,21-/m1/s1. The maximum atomic E-state index is 13.4. The number of piperidine rings is 1. The number of alkyl halides is 3. The van der Waals surface area contributed by atoms with E-state index in [9.17, 15) is 22.8 Å². The average Bonchev–Trinajstić information content (AvgIpc) is 3.31. The molecule has 2 aromatic rings. The zero-order chi connectivity index (χ0) is 26.9. The molecule has 2 fully saturated rings. The van der Waals surface area contributed by atoms with Crippen molar-refractivity contribution in [3.8, 4) is 5.88 Å². The Morgan fingerprint density at radius 3 is 2.32 bits per heavy atom. The smallest absolute Gasteiger partial charge is 0.417 e. The lowest BCUT2D eigenvalue weighted by molar-refractivity contribution is -0.139. The molecule has 1 aromatic heterocycles. The number of pyridine rings is 1. The van der Waals surface area contributed by atoms with Crippen LogP contribution in [0.1, 0.15) is 43.7 Å². The number of benzene rings is 1. The maximum absolute atomic E-state index is 13.4. The highest BCUT2D eigenvalue weighted by Gasteiger charge is 2.42. The van der Waals surface area contributed by atoms with Crippen LogP contribution in [0.25, 0.3) is 0 Å².